The molecule has 3 aliphatic heterocycles. The first-order valence-corrected chi connectivity index (χ1v) is 18.8. The van der Waals surface area contributed by atoms with Gasteiger partial charge >= 0.3 is 11.9 Å². The van der Waals surface area contributed by atoms with Gasteiger partial charge in [0.1, 0.15) is 28.6 Å². The molecule has 0 radical (unpaired) electrons. The lowest BCUT2D eigenvalue weighted by atomic mass is 9.92. The number of allylic oxidation sites excluding steroid dienone is 1. The third-order valence-corrected chi connectivity index (χ3v) is 11.2. The second-order valence-corrected chi connectivity index (χ2v) is 16.1. The number of fused-ring (bicyclic) bond motifs is 5. The second kappa shape index (κ2) is 14.5. The number of esters is 1. The third-order valence-electron chi connectivity index (χ3n) is 11.2. The molecule has 0 bridgehead atoms. The molecular weight excluding hydrogens is 692 g/mol. The summed E-state index contributed by atoms with van der Waals surface area (Å²) >= 11 is 0. The number of carboxylic acid groups (broad SMARTS) is 1. The Balaban J connectivity index is 1.20. The lowest BCUT2D eigenvalue weighted by Gasteiger charge is -2.32. The molecule has 54 heavy (non-hydrogen) atoms. The number of benzene rings is 1. The van der Waals surface area contributed by atoms with E-state index in [2.05, 4.69) is 10.4 Å². The molecule has 3 aromatic rings. The molecule has 6 atom stereocenters. The van der Waals surface area contributed by atoms with Gasteiger partial charge in [-0.2, -0.15) is 5.10 Å². The number of hydrogen-bond acceptors (Lipinski definition) is 9. The molecule has 286 valence electrons. The van der Waals surface area contributed by atoms with Crippen LogP contribution in [0.3, 0.4) is 0 Å². The molecule has 14 nitrogen and oxygen atoms in total. The van der Waals surface area contributed by atoms with Crippen LogP contribution in [0.2, 0.25) is 0 Å². The summed E-state index contributed by atoms with van der Waals surface area (Å²) in [6.45, 7) is 5.92. The molecule has 1 saturated carbocycles. The predicted octanol–water partition coefficient (Wildman–Crippen LogP) is 4.16. The van der Waals surface area contributed by atoms with Gasteiger partial charge in [-0.1, -0.05) is 25.0 Å². The van der Waals surface area contributed by atoms with E-state index in [4.69, 9.17) is 14.5 Å². The van der Waals surface area contributed by atoms with Crippen LogP contribution >= 0.6 is 0 Å². The Hall–Kier alpha value is -5.27. The zero-order chi connectivity index (χ0) is 38.4. The van der Waals surface area contributed by atoms with Gasteiger partial charge in [0.05, 0.1) is 24.7 Å². The maximum absolute atomic E-state index is 14.5. The highest BCUT2D eigenvalue weighted by atomic mass is 16.6. The Morgan fingerprint density at radius 1 is 1.07 bits per heavy atom. The van der Waals surface area contributed by atoms with Crippen molar-refractivity contribution >= 4 is 40.6 Å². The maximum Gasteiger partial charge on any atom is 0.330 e. The van der Waals surface area contributed by atoms with E-state index < -0.39 is 46.9 Å². The zero-order valence-corrected chi connectivity index (χ0v) is 31.2. The number of ether oxygens (including phenoxy) is 2. The summed E-state index contributed by atoms with van der Waals surface area (Å²) in [5, 5.41) is 18.3. The van der Waals surface area contributed by atoms with E-state index in [1.807, 2.05) is 24.3 Å². The highest BCUT2D eigenvalue weighted by Crippen LogP contribution is 2.46. The molecule has 3 fully saturated rings. The molecule has 1 aromatic carbocycles. The van der Waals surface area contributed by atoms with Crippen LogP contribution in [0.4, 0.5) is 0 Å². The summed E-state index contributed by atoms with van der Waals surface area (Å²) in [6.07, 6.45) is 11.0. The first-order valence-electron chi connectivity index (χ1n) is 18.8. The Morgan fingerprint density at radius 3 is 2.61 bits per heavy atom. The number of hydrogen-bond donors (Lipinski definition) is 2. The number of nitrogens with zero attached hydrogens (tertiary/aromatic N) is 5. The van der Waals surface area contributed by atoms with Gasteiger partial charge < -0.3 is 29.7 Å². The van der Waals surface area contributed by atoms with Gasteiger partial charge in [-0.05, 0) is 70.7 Å². The first-order chi connectivity index (χ1) is 25.8. The van der Waals surface area contributed by atoms with E-state index in [-0.39, 0.29) is 61.8 Å². The average molecular weight is 741 g/mol. The largest absolute Gasteiger partial charge is 0.497 e. The topological polar surface area (TPSA) is 173 Å². The van der Waals surface area contributed by atoms with Crippen molar-refractivity contribution in [2.45, 2.75) is 82.9 Å². The van der Waals surface area contributed by atoms with Crippen LogP contribution < -0.4 is 10.1 Å². The summed E-state index contributed by atoms with van der Waals surface area (Å²) in [5.41, 5.74) is -0.797. The van der Waals surface area contributed by atoms with Gasteiger partial charge in [0.2, 0.25) is 11.8 Å². The molecule has 7 rings (SSSR count). The van der Waals surface area contributed by atoms with Crippen molar-refractivity contribution in [1.82, 2.24) is 29.9 Å². The monoisotopic (exact) mass is 740 g/mol. The summed E-state index contributed by atoms with van der Waals surface area (Å²) in [4.78, 5) is 76.8. The number of carboxylic acids is 1. The molecule has 2 saturated heterocycles. The first kappa shape index (κ1) is 37.1. The molecule has 2 aromatic heterocycles. The van der Waals surface area contributed by atoms with Crippen molar-refractivity contribution in [1.29, 1.82) is 0 Å². The van der Waals surface area contributed by atoms with Crippen molar-refractivity contribution in [2.75, 3.05) is 26.7 Å². The maximum atomic E-state index is 14.5. The van der Waals surface area contributed by atoms with Gasteiger partial charge in [0.25, 0.3) is 5.91 Å². The number of carbonyl (C=O) groups is 5. The van der Waals surface area contributed by atoms with Gasteiger partial charge in [-0.3, -0.25) is 19.2 Å². The molecule has 4 aliphatic rings. The SMILES string of the molecule is COc1ccc2c(-n3cccn3)cc(C(=O)N3C[C@H]4CN5C(=O)[C@H](CC(=O)OC(C)(C)C)CCCCC/C=C\[C@@H]6C[C@@]6(C(=O)O)NC(=O)[C@@H]5[C@H]4C3)nc2c1. The Labute approximate surface area is 313 Å². The van der Waals surface area contributed by atoms with Crippen molar-refractivity contribution < 1.29 is 38.6 Å². The second-order valence-electron chi connectivity index (χ2n) is 16.1. The highest BCUT2D eigenvalue weighted by molar-refractivity contribution is 5.99. The number of aliphatic carboxylic acids is 1. The molecular formula is C40H48N6O8. The fourth-order valence-electron chi connectivity index (χ4n) is 8.44. The molecule has 2 N–H and O–H groups in total. The third kappa shape index (κ3) is 7.30. The van der Waals surface area contributed by atoms with Crippen LogP contribution in [0.25, 0.3) is 16.6 Å². The molecule has 14 heteroatoms. The minimum atomic E-state index is -1.47. The number of pyridine rings is 1. The van der Waals surface area contributed by atoms with Crippen LogP contribution in [0, 0.1) is 23.7 Å². The average Bonchev–Trinajstić information content (AvgIpc) is 3.49. The summed E-state index contributed by atoms with van der Waals surface area (Å²) in [5.74, 6) is -4.08. The number of methoxy groups -OCH3 is 1. The van der Waals surface area contributed by atoms with E-state index in [0.29, 0.717) is 29.8 Å². The predicted molar refractivity (Wildman–Crippen MR) is 197 cm³/mol. The zero-order valence-electron chi connectivity index (χ0n) is 31.2. The molecule has 0 unspecified atom stereocenters. The highest BCUT2D eigenvalue weighted by Gasteiger charge is 2.62. The van der Waals surface area contributed by atoms with Crippen LogP contribution in [0.5, 0.6) is 5.75 Å². The Morgan fingerprint density at radius 2 is 1.89 bits per heavy atom. The van der Waals surface area contributed by atoms with Crippen LogP contribution in [-0.4, -0.2) is 103 Å². The summed E-state index contributed by atoms with van der Waals surface area (Å²) in [6, 6.07) is 7.89. The Kier molecular flexibility index (Phi) is 9.96. The van der Waals surface area contributed by atoms with Gasteiger partial charge in [0, 0.05) is 67.2 Å². The van der Waals surface area contributed by atoms with Gasteiger partial charge in [-0.25, -0.2) is 14.5 Å². The lowest BCUT2D eigenvalue weighted by Crippen LogP contribution is -2.56. The number of amides is 3. The smallest absolute Gasteiger partial charge is 0.330 e. The number of aromatic nitrogens is 3. The van der Waals surface area contributed by atoms with E-state index in [0.717, 1.165) is 24.6 Å². The molecule has 3 amide bonds. The fourth-order valence-corrected chi connectivity index (χ4v) is 8.44. The Bertz CT molecular complexity index is 1990. The van der Waals surface area contributed by atoms with E-state index in [9.17, 15) is 29.1 Å². The van der Waals surface area contributed by atoms with Gasteiger partial charge in [0.15, 0.2) is 0 Å². The van der Waals surface area contributed by atoms with Crippen molar-refractivity contribution in [2.24, 2.45) is 23.7 Å². The lowest BCUT2D eigenvalue weighted by molar-refractivity contribution is -0.159. The number of nitrogens with one attached hydrogen (secondary N) is 1. The van der Waals surface area contributed by atoms with E-state index in [1.54, 1.807) is 73.0 Å². The summed E-state index contributed by atoms with van der Waals surface area (Å²) < 4.78 is 12.7. The van der Waals surface area contributed by atoms with Crippen molar-refractivity contribution in [3.63, 3.8) is 0 Å². The summed E-state index contributed by atoms with van der Waals surface area (Å²) in [7, 11) is 1.56. The van der Waals surface area contributed by atoms with Crippen LogP contribution in [-0.2, 0) is 23.9 Å². The van der Waals surface area contributed by atoms with Gasteiger partial charge in [-0.15, -0.1) is 0 Å². The van der Waals surface area contributed by atoms with Crippen LogP contribution in [0.15, 0.2) is 54.9 Å². The van der Waals surface area contributed by atoms with E-state index in [1.165, 1.54) is 0 Å². The number of likely N-dealkylation sites (tertiary alicyclic amines) is 1. The number of carbonyl (C=O) groups excluding carboxylic acids is 4. The van der Waals surface area contributed by atoms with Crippen molar-refractivity contribution in [3.8, 4) is 11.4 Å². The van der Waals surface area contributed by atoms with Crippen molar-refractivity contribution in [3.05, 3.63) is 60.6 Å². The fraction of sp³-hybridized carbons (Fsp3) is 0.525. The molecule has 5 heterocycles. The number of rotatable bonds is 6. The standard InChI is InChI=1S/C40H48N6O8/c1-39(2,3)54-33(47)17-24-11-8-6-5-7-9-12-26-20-40(26,38(51)52)43-35(48)34-29-23-44(21-25(29)22-45(34)36(24)49)37(50)31-19-32(46-16-10-15-41-46)28-14-13-27(53-4)18-30(28)42-31/h9-10,12-16,18-19,24-26,29,34H,5-8,11,17,20-23H2,1-4H3,(H,43,48)(H,51,52)/b12-9-/t24-,25-,26+,29-,34-,40+/m0/s1. The normalized spacial score (nSPS) is 27.9. The van der Waals surface area contributed by atoms with Crippen LogP contribution in [0.1, 0.15) is 76.2 Å². The minimum absolute atomic E-state index is 0.126. The molecule has 1 aliphatic carbocycles. The molecule has 0 spiro atoms. The quantitative estimate of drug-likeness (QED) is 0.276. The van der Waals surface area contributed by atoms with E-state index >= 15 is 0 Å². The minimum Gasteiger partial charge on any atom is -0.497 e.